The zero-order valence-corrected chi connectivity index (χ0v) is 4.75. The molecule has 0 N–H and O–H groups in total. The maximum Gasteiger partial charge on any atom is 0.627 e. The van der Waals surface area contributed by atoms with Gasteiger partial charge in [0.15, 0.2) is 0 Å². The van der Waals surface area contributed by atoms with E-state index < -0.39 is 7.27 Å². The monoisotopic (exact) mass is 116 g/mol. The lowest BCUT2D eigenvalue weighted by atomic mass is 10.0. The molecule has 0 fully saturated rings. The Balaban J connectivity index is 3.20. The highest BCUT2D eigenvalue weighted by Gasteiger charge is 2.03. The lowest BCUT2D eigenvalue weighted by Gasteiger charge is -1.75. The standard InChI is InChI=1S/C5H7BF2/c1-2-3-4-5-6(7)8/h2-3H2,1H3. The van der Waals surface area contributed by atoms with Crippen molar-refractivity contribution in [3.05, 3.63) is 0 Å². The summed E-state index contributed by atoms with van der Waals surface area (Å²) in [5.41, 5.74) is 0. The first-order valence-corrected chi connectivity index (χ1v) is 2.54. The Kier molecular flexibility index (Phi) is 4.34. The first-order valence-electron chi connectivity index (χ1n) is 2.54. The summed E-state index contributed by atoms with van der Waals surface area (Å²) in [5.74, 6) is 4.10. The molecule has 44 valence electrons. The number of hydrogen-bond donors (Lipinski definition) is 0. The van der Waals surface area contributed by atoms with Gasteiger partial charge in [0.05, 0.1) is 0 Å². The van der Waals surface area contributed by atoms with Gasteiger partial charge in [-0.05, 0) is 6.42 Å². The van der Waals surface area contributed by atoms with Crippen molar-refractivity contribution < 1.29 is 8.63 Å². The maximum absolute atomic E-state index is 11.2. The van der Waals surface area contributed by atoms with Gasteiger partial charge < -0.3 is 0 Å². The van der Waals surface area contributed by atoms with Gasteiger partial charge in [0.25, 0.3) is 0 Å². The zero-order valence-electron chi connectivity index (χ0n) is 4.75. The van der Waals surface area contributed by atoms with Crippen LogP contribution in [0.4, 0.5) is 8.63 Å². The van der Waals surface area contributed by atoms with Gasteiger partial charge in [0.1, 0.15) is 0 Å². The van der Waals surface area contributed by atoms with Crippen molar-refractivity contribution in [1.29, 1.82) is 0 Å². The van der Waals surface area contributed by atoms with E-state index in [1.165, 1.54) is 0 Å². The maximum atomic E-state index is 11.2. The van der Waals surface area contributed by atoms with Crippen molar-refractivity contribution >= 4 is 7.27 Å². The quantitative estimate of drug-likeness (QED) is 0.361. The highest BCUT2D eigenvalue weighted by atomic mass is 19.2. The second-order valence-corrected chi connectivity index (χ2v) is 1.37. The van der Waals surface area contributed by atoms with E-state index in [1.54, 1.807) is 5.82 Å². The van der Waals surface area contributed by atoms with Crippen molar-refractivity contribution in [3.63, 3.8) is 0 Å². The second-order valence-electron chi connectivity index (χ2n) is 1.37. The van der Waals surface area contributed by atoms with Crippen LogP contribution < -0.4 is 0 Å². The summed E-state index contributed by atoms with van der Waals surface area (Å²) in [4.78, 5) is 0. The molecule has 3 heteroatoms. The van der Waals surface area contributed by atoms with E-state index in [9.17, 15) is 8.63 Å². The average molecular weight is 116 g/mol. The van der Waals surface area contributed by atoms with Crippen LogP contribution in [0.1, 0.15) is 19.8 Å². The minimum Gasteiger partial charge on any atom is -0.273 e. The smallest absolute Gasteiger partial charge is 0.273 e. The van der Waals surface area contributed by atoms with Gasteiger partial charge in [-0.2, -0.15) is 0 Å². The van der Waals surface area contributed by atoms with Gasteiger partial charge >= 0.3 is 7.27 Å². The van der Waals surface area contributed by atoms with E-state index in [0.717, 1.165) is 6.42 Å². The predicted molar refractivity (Wildman–Crippen MR) is 30.7 cm³/mol. The van der Waals surface area contributed by atoms with E-state index in [-0.39, 0.29) is 0 Å². The van der Waals surface area contributed by atoms with E-state index in [1.807, 2.05) is 6.92 Å². The van der Waals surface area contributed by atoms with Crippen LogP contribution in [0, 0.1) is 11.7 Å². The molecule has 0 bridgehead atoms. The molecule has 0 amide bonds. The summed E-state index contributed by atoms with van der Waals surface area (Å²) in [6.45, 7) is 1.90. The molecule has 0 aliphatic heterocycles. The van der Waals surface area contributed by atoms with Crippen molar-refractivity contribution in [3.8, 4) is 11.7 Å². The topological polar surface area (TPSA) is 0 Å². The molecule has 8 heavy (non-hydrogen) atoms. The Morgan fingerprint density at radius 1 is 1.50 bits per heavy atom. The molecular formula is C5H7BF2. The SMILES string of the molecule is CCCC#CB(F)F. The van der Waals surface area contributed by atoms with Crippen molar-refractivity contribution in [2.24, 2.45) is 0 Å². The van der Waals surface area contributed by atoms with Crippen molar-refractivity contribution in [2.75, 3.05) is 0 Å². The minimum absolute atomic E-state index is 0.574. The lowest BCUT2D eigenvalue weighted by Crippen LogP contribution is -1.88. The molecule has 0 radical (unpaired) electrons. The van der Waals surface area contributed by atoms with E-state index in [2.05, 4.69) is 5.92 Å². The van der Waals surface area contributed by atoms with Crippen LogP contribution in [0.15, 0.2) is 0 Å². The van der Waals surface area contributed by atoms with Crippen LogP contribution in [-0.4, -0.2) is 7.27 Å². The Bertz CT molecular complexity index is 101. The second kappa shape index (κ2) is 4.64. The van der Waals surface area contributed by atoms with Crippen molar-refractivity contribution in [2.45, 2.75) is 19.8 Å². The van der Waals surface area contributed by atoms with Crippen molar-refractivity contribution in [1.82, 2.24) is 0 Å². The van der Waals surface area contributed by atoms with Crippen LogP contribution in [0.2, 0.25) is 0 Å². The molecule has 0 spiro atoms. The summed E-state index contributed by atoms with van der Waals surface area (Å²) in [7, 11) is -2.46. The van der Waals surface area contributed by atoms with E-state index in [4.69, 9.17) is 0 Å². The summed E-state index contributed by atoms with van der Waals surface area (Å²) < 4.78 is 22.4. The third-order valence-electron chi connectivity index (χ3n) is 0.586. The fourth-order valence-corrected chi connectivity index (χ4v) is 0.274. The lowest BCUT2D eigenvalue weighted by molar-refractivity contribution is 0.687. The number of unbranched alkanes of at least 4 members (excludes halogenated alkanes) is 1. The number of halogens is 2. The molecule has 0 unspecified atom stereocenters. The Labute approximate surface area is 48.5 Å². The molecule has 0 aliphatic rings. The zero-order chi connectivity index (χ0) is 6.41. The highest BCUT2D eigenvalue weighted by molar-refractivity contribution is 6.52. The summed E-state index contributed by atoms with van der Waals surface area (Å²) in [6.07, 6.45) is 1.42. The summed E-state index contributed by atoms with van der Waals surface area (Å²) >= 11 is 0. The Morgan fingerprint density at radius 2 is 2.12 bits per heavy atom. The van der Waals surface area contributed by atoms with Gasteiger partial charge in [-0.1, -0.05) is 12.7 Å². The molecular weight excluding hydrogens is 109 g/mol. The number of rotatable bonds is 1. The van der Waals surface area contributed by atoms with Gasteiger partial charge in [-0.25, -0.2) is 0 Å². The van der Waals surface area contributed by atoms with E-state index >= 15 is 0 Å². The molecule has 0 nitrogen and oxygen atoms in total. The highest BCUT2D eigenvalue weighted by Crippen LogP contribution is 1.84. The first-order chi connectivity index (χ1) is 3.77. The fraction of sp³-hybridized carbons (Fsp3) is 0.600. The number of hydrogen-bond acceptors (Lipinski definition) is 0. The molecule has 0 aliphatic carbocycles. The molecule has 0 saturated carbocycles. The van der Waals surface area contributed by atoms with Gasteiger partial charge in [0, 0.05) is 6.42 Å². The van der Waals surface area contributed by atoms with Crippen LogP contribution in [0.3, 0.4) is 0 Å². The van der Waals surface area contributed by atoms with Gasteiger partial charge in [-0.3, -0.25) is 8.63 Å². The molecule has 0 saturated heterocycles. The van der Waals surface area contributed by atoms with Gasteiger partial charge in [0.2, 0.25) is 0 Å². The molecule has 0 heterocycles. The summed E-state index contributed by atoms with van der Waals surface area (Å²) in [5, 5.41) is 0. The molecule has 0 aromatic heterocycles. The molecule has 0 atom stereocenters. The minimum atomic E-state index is -2.46. The van der Waals surface area contributed by atoms with Crippen LogP contribution >= 0.6 is 0 Å². The molecule has 0 rings (SSSR count). The molecule has 0 aromatic rings. The largest absolute Gasteiger partial charge is 0.627 e. The Hall–Kier alpha value is -0.515. The Morgan fingerprint density at radius 3 is 2.50 bits per heavy atom. The van der Waals surface area contributed by atoms with Crippen LogP contribution in [0.5, 0.6) is 0 Å². The first kappa shape index (κ1) is 7.48. The van der Waals surface area contributed by atoms with Crippen LogP contribution in [0.25, 0.3) is 0 Å². The van der Waals surface area contributed by atoms with Gasteiger partial charge in [-0.15, -0.1) is 5.92 Å². The molecule has 0 aromatic carbocycles. The predicted octanol–water partition coefficient (Wildman–Crippen LogP) is 1.76. The average Bonchev–Trinajstić information content (AvgIpc) is 1.66. The van der Waals surface area contributed by atoms with E-state index in [0.29, 0.717) is 6.42 Å². The normalized spacial score (nSPS) is 7.38. The summed E-state index contributed by atoms with van der Waals surface area (Å²) in [6, 6.07) is 0. The third kappa shape index (κ3) is 5.48. The third-order valence-corrected chi connectivity index (χ3v) is 0.586. The fourth-order valence-electron chi connectivity index (χ4n) is 0.274. The van der Waals surface area contributed by atoms with Crippen LogP contribution in [-0.2, 0) is 0 Å².